The first kappa shape index (κ1) is 15.5. The van der Waals surface area contributed by atoms with Crippen molar-refractivity contribution in [2.24, 2.45) is 0 Å². The molecule has 120 valence electrons. The van der Waals surface area contributed by atoms with Gasteiger partial charge in [-0.2, -0.15) is 0 Å². The van der Waals surface area contributed by atoms with Crippen molar-refractivity contribution in [1.82, 2.24) is 10.2 Å². The van der Waals surface area contributed by atoms with Crippen molar-refractivity contribution < 1.29 is 4.79 Å². The Kier molecular flexibility index (Phi) is 5.46. The number of likely N-dealkylation sites (tertiary alicyclic amines) is 1. The lowest BCUT2D eigenvalue weighted by Crippen LogP contribution is -2.27. The van der Waals surface area contributed by atoms with Gasteiger partial charge in [0.25, 0.3) is 0 Å². The molecule has 1 aromatic carbocycles. The summed E-state index contributed by atoms with van der Waals surface area (Å²) < 4.78 is 0. The highest BCUT2D eigenvalue weighted by atomic mass is 16.1. The van der Waals surface area contributed by atoms with E-state index in [-0.39, 0.29) is 5.91 Å². The van der Waals surface area contributed by atoms with Crippen molar-refractivity contribution in [3.63, 3.8) is 0 Å². The van der Waals surface area contributed by atoms with Crippen molar-refractivity contribution in [2.75, 3.05) is 31.5 Å². The van der Waals surface area contributed by atoms with Crippen LogP contribution in [0.3, 0.4) is 0 Å². The van der Waals surface area contributed by atoms with Gasteiger partial charge in [-0.05, 0) is 69.4 Å². The number of carbonyl (C=O) groups excluding carboxylic acids is 1. The molecular weight excluding hydrogens is 274 g/mol. The van der Waals surface area contributed by atoms with E-state index in [0.717, 1.165) is 31.6 Å². The van der Waals surface area contributed by atoms with E-state index in [1.807, 2.05) is 12.1 Å². The van der Waals surface area contributed by atoms with Crippen LogP contribution >= 0.6 is 0 Å². The van der Waals surface area contributed by atoms with E-state index >= 15 is 0 Å². The molecule has 0 spiro atoms. The number of hydrogen-bond donors (Lipinski definition) is 2. The average molecular weight is 301 g/mol. The fourth-order valence-corrected chi connectivity index (χ4v) is 3.41. The van der Waals surface area contributed by atoms with Crippen molar-refractivity contribution in [3.05, 3.63) is 29.8 Å². The van der Waals surface area contributed by atoms with E-state index in [1.54, 1.807) is 0 Å². The SMILES string of the molecule is O=C(CC1CCCN1)Nc1ccc(CCN2CCCC2)cc1. The zero-order chi connectivity index (χ0) is 15.2. The van der Waals surface area contributed by atoms with Crippen LogP contribution in [0.5, 0.6) is 0 Å². The monoisotopic (exact) mass is 301 g/mol. The van der Waals surface area contributed by atoms with Crippen LogP contribution in [0.4, 0.5) is 5.69 Å². The Bertz CT molecular complexity index is 474. The lowest BCUT2D eigenvalue weighted by molar-refractivity contribution is -0.116. The molecule has 1 amide bonds. The Morgan fingerprint density at radius 3 is 2.64 bits per heavy atom. The molecule has 0 bridgehead atoms. The third-order valence-corrected chi connectivity index (χ3v) is 4.75. The number of rotatable bonds is 6. The topological polar surface area (TPSA) is 44.4 Å². The van der Waals surface area contributed by atoms with Gasteiger partial charge < -0.3 is 15.5 Å². The Labute approximate surface area is 133 Å². The fourth-order valence-electron chi connectivity index (χ4n) is 3.41. The molecule has 2 fully saturated rings. The summed E-state index contributed by atoms with van der Waals surface area (Å²) in [6.45, 7) is 4.70. The lowest BCUT2D eigenvalue weighted by Gasteiger charge is -2.14. The van der Waals surface area contributed by atoms with Gasteiger partial charge in [0.05, 0.1) is 0 Å². The molecule has 3 rings (SSSR count). The van der Waals surface area contributed by atoms with Gasteiger partial charge in [0.15, 0.2) is 0 Å². The zero-order valence-corrected chi connectivity index (χ0v) is 13.3. The molecule has 0 radical (unpaired) electrons. The van der Waals surface area contributed by atoms with E-state index in [0.29, 0.717) is 12.5 Å². The summed E-state index contributed by atoms with van der Waals surface area (Å²) in [4.78, 5) is 14.5. The molecule has 22 heavy (non-hydrogen) atoms. The average Bonchev–Trinajstić information content (AvgIpc) is 3.20. The van der Waals surface area contributed by atoms with E-state index in [1.165, 1.54) is 37.9 Å². The van der Waals surface area contributed by atoms with Crippen LogP contribution in [0.2, 0.25) is 0 Å². The maximum atomic E-state index is 12.0. The molecule has 2 aliphatic rings. The highest BCUT2D eigenvalue weighted by molar-refractivity contribution is 5.91. The molecular formula is C18H27N3O. The van der Waals surface area contributed by atoms with Crippen LogP contribution in [-0.2, 0) is 11.2 Å². The number of amides is 1. The molecule has 1 aromatic rings. The summed E-state index contributed by atoms with van der Waals surface area (Å²) in [5.74, 6) is 0.115. The van der Waals surface area contributed by atoms with Crippen molar-refractivity contribution in [2.45, 2.75) is 44.6 Å². The van der Waals surface area contributed by atoms with Gasteiger partial charge in [-0.3, -0.25) is 4.79 Å². The summed E-state index contributed by atoms with van der Waals surface area (Å²) in [5.41, 5.74) is 2.26. The maximum absolute atomic E-state index is 12.0. The minimum atomic E-state index is 0.115. The van der Waals surface area contributed by atoms with Crippen LogP contribution < -0.4 is 10.6 Å². The number of carbonyl (C=O) groups is 1. The van der Waals surface area contributed by atoms with Crippen LogP contribution in [0.15, 0.2) is 24.3 Å². The molecule has 4 nitrogen and oxygen atoms in total. The zero-order valence-electron chi connectivity index (χ0n) is 13.3. The summed E-state index contributed by atoms with van der Waals surface area (Å²) in [5, 5.41) is 6.36. The standard InChI is InChI=1S/C18H27N3O/c22-18(14-17-4-3-10-19-17)20-16-7-5-15(6-8-16)9-13-21-11-1-2-12-21/h5-8,17,19H,1-4,9-14H2,(H,20,22). The first-order valence-corrected chi connectivity index (χ1v) is 8.64. The van der Waals surface area contributed by atoms with Crippen LogP contribution in [0.1, 0.15) is 37.7 Å². The summed E-state index contributed by atoms with van der Waals surface area (Å²) >= 11 is 0. The van der Waals surface area contributed by atoms with Gasteiger partial charge in [0.2, 0.25) is 5.91 Å². The molecule has 1 unspecified atom stereocenters. The predicted molar refractivity (Wildman–Crippen MR) is 90.1 cm³/mol. The summed E-state index contributed by atoms with van der Waals surface area (Å²) in [6.07, 6.45) is 6.67. The predicted octanol–water partition coefficient (Wildman–Crippen LogP) is 2.41. The second-order valence-corrected chi connectivity index (χ2v) is 6.54. The third kappa shape index (κ3) is 4.55. The largest absolute Gasteiger partial charge is 0.326 e. The molecule has 1 atom stereocenters. The molecule has 4 heteroatoms. The first-order chi connectivity index (χ1) is 10.8. The smallest absolute Gasteiger partial charge is 0.225 e. The van der Waals surface area contributed by atoms with Crippen LogP contribution in [0, 0.1) is 0 Å². The molecule has 2 N–H and O–H groups in total. The Morgan fingerprint density at radius 1 is 1.18 bits per heavy atom. The highest BCUT2D eigenvalue weighted by Gasteiger charge is 2.17. The van der Waals surface area contributed by atoms with E-state index < -0.39 is 0 Å². The normalized spacial score (nSPS) is 22.1. The third-order valence-electron chi connectivity index (χ3n) is 4.75. The number of hydrogen-bond acceptors (Lipinski definition) is 3. The van der Waals surface area contributed by atoms with E-state index in [2.05, 4.69) is 27.7 Å². The van der Waals surface area contributed by atoms with Gasteiger partial charge in [0.1, 0.15) is 0 Å². The van der Waals surface area contributed by atoms with Crippen molar-refractivity contribution in [3.8, 4) is 0 Å². The van der Waals surface area contributed by atoms with E-state index in [9.17, 15) is 4.79 Å². The minimum Gasteiger partial charge on any atom is -0.326 e. The fraction of sp³-hybridized carbons (Fsp3) is 0.611. The summed E-state index contributed by atoms with van der Waals surface area (Å²) in [7, 11) is 0. The van der Waals surface area contributed by atoms with Crippen LogP contribution in [-0.4, -0.2) is 43.0 Å². The molecule has 2 heterocycles. The quantitative estimate of drug-likeness (QED) is 0.848. The molecule has 2 saturated heterocycles. The van der Waals surface area contributed by atoms with Gasteiger partial charge in [-0.15, -0.1) is 0 Å². The number of benzene rings is 1. The Hall–Kier alpha value is -1.39. The van der Waals surface area contributed by atoms with Crippen molar-refractivity contribution in [1.29, 1.82) is 0 Å². The Morgan fingerprint density at radius 2 is 1.95 bits per heavy atom. The molecule has 0 aromatic heterocycles. The highest BCUT2D eigenvalue weighted by Crippen LogP contribution is 2.14. The van der Waals surface area contributed by atoms with Crippen LogP contribution in [0.25, 0.3) is 0 Å². The summed E-state index contributed by atoms with van der Waals surface area (Å²) in [6, 6.07) is 8.69. The number of anilines is 1. The second kappa shape index (κ2) is 7.75. The number of nitrogens with one attached hydrogen (secondary N) is 2. The minimum absolute atomic E-state index is 0.115. The second-order valence-electron chi connectivity index (χ2n) is 6.54. The first-order valence-electron chi connectivity index (χ1n) is 8.64. The molecule has 2 aliphatic heterocycles. The van der Waals surface area contributed by atoms with Gasteiger partial charge in [-0.25, -0.2) is 0 Å². The lowest BCUT2D eigenvalue weighted by atomic mass is 10.1. The van der Waals surface area contributed by atoms with Gasteiger partial charge in [-0.1, -0.05) is 12.1 Å². The Balaban J connectivity index is 1.43. The van der Waals surface area contributed by atoms with Gasteiger partial charge in [0, 0.05) is 24.7 Å². The number of nitrogens with zero attached hydrogens (tertiary/aromatic N) is 1. The maximum Gasteiger partial charge on any atom is 0.225 e. The van der Waals surface area contributed by atoms with E-state index in [4.69, 9.17) is 0 Å². The van der Waals surface area contributed by atoms with Crippen molar-refractivity contribution >= 4 is 11.6 Å². The molecule has 0 aliphatic carbocycles. The molecule has 0 saturated carbocycles. The van der Waals surface area contributed by atoms with Gasteiger partial charge >= 0.3 is 0 Å².